The van der Waals surface area contributed by atoms with E-state index in [-0.39, 0.29) is 21.1 Å². The van der Waals surface area contributed by atoms with E-state index in [9.17, 15) is 14.4 Å². The summed E-state index contributed by atoms with van der Waals surface area (Å²) in [6.07, 6.45) is 4.16. The largest absolute Gasteiger partial charge is 0.480 e. The lowest BCUT2D eigenvalue weighted by Crippen LogP contribution is -2.43. The molecule has 0 bridgehead atoms. The molecule has 4 N–H and O–H groups in total. The number of ether oxygens (including phenoxy) is 3. The molecule has 0 aliphatic carbocycles. The first-order valence-electron chi connectivity index (χ1n) is 12.1. The molecule has 0 aromatic carbocycles. The molecule has 3 radical (unpaired) electrons. The number of rotatable bonds is 8. The maximum atomic E-state index is 11.3. The molecule has 11 heteroatoms. The van der Waals surface area contributed by atoms with Crippen molar-refractivity contribution < 1.29 is 38.8 Å². The Bertz CT molecular complexity index is 565. The second-order valence-corrected chi connectivity index (χ2v) is 9.96. The quantitative estimate of drug-likeness (QED) is 0.366. The van der Waals surface area contributed by atoms with Gasteiger partial charge in [0.1, 0.15) is 17.2 Å². The zero-order valence-electron chi connectivity index (χ0n) is 22.9. The SMILES string of the molecule is C1CCOC1.CCC[C@@H](CO)NC(=O)OC(C)(C)C.CCC[C@H](NC(=O)OC(C)(C)C)C(=O)O.[B]. The number of aliphatic hydroxyl groups excluding tert-OH is 1. The van der Waals surface area contributed by atoms with Crippen LogP contribution in [0.5, 0.6) is 0 Å². The third kappa shape index (κ3) is 26.4. The Morgan fingerprint density at radius 1 is 0.857 bits per heavy atom. The van der Waals surface area contributed by atoms with E-state index < -0.39 is 35.4 Å². The van der Waals surface area contributed by atoms with Crippen molar-refractivity contribution in [3.05, 3.63) is 0 Å². The predicted molar refractivity (Wildman–Crippen MR) is 137 cm³/mol. The van der Waals surface area contributed by atoms with Gasteiger partial charge in [-0.15, -0.1) is 0 Å². The summed E-state index contributed by atoms with van der Waals surface area (Å²) < 4.78 is 15.0. The first-order valence-corrected chi connectivity index (χ1v) is 12.1. The average Bonchev–Trinajstić information content (AvgIpc) is 3.25. The molecule has 35 heavy (non-hydrogen) atoms. The molecule has 2 amide bonds. The van der Waals surface area contributed by atoms with Crippen LogP contribution in [0.1, 0.15) is 93.9 Å². The number of carbonyl (C=O) groups is 3. The molecule has 1 aliphatic heterocycles. The molecule has 205 valence electrons. The number of alkyl carbamates (subject to hydrolysis) is 2. The van der Waals surface area contributed by atoms with Crippen LogP contribution in [0.3, 0.4) is 0 Å². The Hall–Kier alpha value is -2.01. The van der Waals surface area contributed by atoms with E-state index in [0.29, 0.717) is 12.8 Å². The van der Waals surface area contributed by atoms with E-state index in [0.717, 1.165) is 26.1 Å². The number of nitrogens with one attached hydrogen (secondary N) is 2. The summed E-state index contributed by atoms with van der Waals surface area (Å²) >= 11 is 0. The van der Waals surface area contributed by atoms with Crippen molar-refractivity contribution in [3.8, 4) is 0 Å². The standard InChI is InChI=1S/C10H19NO4.C10H21NO3.C4H8O.B/c1-5-6-7(8(12)13)11-9(14)15-10(2,3)4;1-5-6-8(7-12)11-9(13)14-10(2,3)4;1-2-4-5-3-1;/h7H,5-6H2,1-4H3,(H,11,14)(H,12,13);8,12H,5-7H2,1-4H3,(H,11,13);1-4H2;/t7-;8-;;/m00../s1. The number of carbonyl (C=O) groups excluding carboxylic acids is 2. The number of hydrogen-bond donors (Lipinski definition) is 4. The van der Waals surface area contributed by atoms with E-state index >= 15 is 0 Å². The molecule has 1 heterocycles. The number of hydrogen-bond acceptors (Lipinski definition) is 7. The van der Waals surface area contributed by atoms with Crippen molar-refractivity contribution in [2.75, 3.05) is 19.8 Å². The summed E-state index contributed by atoms with van der Waals surface area (Å²) in [5.41, 5.74) is -1.10. The highest BCUT2D eigenvalue weighted by molar-refractivity contribution is 5.79. The van der Waals surface area contributed by atoms with Gasteiger partial charge in [0.2, 0.25) is 0 Å². The van der Waals surface area contributed by atoms with Gasteiger partial charge in [-0.25, -0.2) is 14.4 Å². The fraction of sp³-hybridized carbons (Fsp3) is 0.875. The van der Waals surface area contributed by atoms with Crippen molar-refractivity contribution in [2.24, 2.45) is 0 Å². The molecule has 1 aliphatic rings. The summed E-state index contributed by atoms with van der Waals surface area (Å²) in [7, 11) is 0. The average molecular weight is 503 g/mol. The van der Waals surface area contributed by atoms with Crippen molar-refractivity contribution in [1.29, 1.82) is 0 Å². The molecular formula is C24H48BN2O8. The minimum absolute atomic E-state index is 0. The van der Waals surface area contributed by atoms with Gasteiger partial charge in [-0.3, -0.25) is 0 Å². The molecule has 0 unspecified atom stereocenters. The van der Waals surface area contributed by atoms with Crippen LogP contribution in [0, 0.1) is 0 Å². The zero-order valence-corrected chi connectivity index (χ0v) is 22.9. The van der Waals surface area contributed by atoms with Gasteiger partial charge in [-0.2, -0.15) is 0 Å². The smallest absolute Gasteiger partial charge is 0.408 e. The van der Waals surface area contributed by atoms with E-state index in [4.69, 9.17) is 24.4 Å². The second kappa shape index (κ2) is 20.2. The molecule has 0 aromatic rings. The van der Waals surface area contributed by atoms with Crippen LogP contribution in [-0.4, -0.2) is 79.9 Å². The Morgan fingerprint density at radius 2 is 1.29 bits per heavy atom. The molecule has 0 spiro atoms. The highest BCUT2D eigenvalue weighted by Gasteiger charge is 2.23. The molecule has 1 saturated heterocycles. The Kier molecular flexibility index (Phi) is 21.7. The van der Waals surface area contributed by atoms with Gasteiger partial charge in [0.25, 0.3) is 0 Å². The van der Waals surface area contributed by atoms with Crippen molar-refractivity contribution >= 4 is 26.6 Å². The number of carboxylic acids is 1. The van der Waals surface area contributed by atoms with Crippen molar-refractivity contribution in [2.45, 2.75) is 117 Å². The van der Waals surface area contributed by atoms with Gasteiger partial charge < -0.3 is 35.1 Å². The lowest BCUT2D eigenvalue weighted by molar-refractivity contribution is -0.139. The fourth-order valence-corrected chi connectivity index (χ4v) is 2.54. The molecule has 0 aromatic heterocycles. The van der Waals surface area contributed by atoms with Gasteiger partial charge in [0.15, 0.2) is 0 Å². The van der Waals surface area contributed by atoms with Crippen LogP contribution in [0.4, 0.5) is 9.59 Å². The monoisotopic (exact) mass is 503 g/mol. The third-order valence-corrected chi connectivity index (χ3v) is 3.97. The summed E-state index contributed by atoms with van der Waals surface area (Å²) in [4.78, 5) is 33.2. The van der Waals surface area contributed by atoms with Crippen LogP contribution in [-0.2, 0) is 19.0 Å². The van der Waals surface area contributed by atoms with Crippen LogP contribution in [0.25, 0.3) is 0 Å². The van der Waals surface area contributed by atoms with E-state index in [2.05, 4.69) is 10.6 Å². The zero-order chi connectivity index (χ0) is 26.8. The van der Waals surface area contributed by atoms with Crippen molar-refractivity contribution in [1.82, 2.24) is 10.6 Å². The number of carboxylic acid groups (broad SMARTS) is 1. The third-order valence-electron chi connectivity index (χ3n) is 3.97. The van der Waals surface area contributed by atoms with Crippen LogP contribution in [0.15, 0.2) is 0 Å². The van der Waals surface area contributed by atoms with Gasteiger partial charge in [0, 0.05) is 21.6 Å². The number of aliphatic carboxylic acids is 1. The minimum atomic E-state index is -1.04. The van der Waals surface area contributed by atoms with E-state index in [1.54, 1.807) is 41.5 Å². The maximum absolute atomic E-state index is 11.3. The minimum Gasteiger partial charge on any atom is -0.480 e. The first-order chi connectivity index (χ1) is 15.6. The topological polar surface area (TPSA) is 143 Å². The molecule has 10 nitrogen and oxygen atoms in total. The summed E-state index contributed by atoms with van der Waals surface area (Å²) in [6, 6.07) is -1.07. The Labute approximate surface area is 213 Å². The summed E-state index contributed by atoms with van der Waals surface area (Å²) in [6.45, 7) is 16.4. The lowest BCUT2D eigenvalue weighted by atomic mass is 10.2. The predicted octanol–water partition coefficient (Wildman–Crippen LogP) is 3.85. The number of aliphatic hydroxyl groups is 1. The van der Waals surface area contributed by atoms with Gasteiger partial charge in [-0.05, 0) is 67.2 Å². The molecule has 2 atom stereocenters. The van der Waals surface area contributed by atoms with E-state index in [1.807, 2.05) is 13.8 Å². The van der Waals surface area contributed by atoms with E-state index in [1.165, 1.54) is 12.8 Å². The fourth-order valence-electron chi connectivity index (χ4n) is 2.54. The van der Waals surface area contributed by atoms with Crippen LogP contribution < -0.4 is 10.6 Å². The highest BCUT2D eigenvalue weighted by atomic mass is 16.6. The molecule has 0 saturated carbocycles. The second-order valence-electron chi connectivity index (χ2n) is 9.96. The first kappa shape index (κ1) is 37.5. The summed E-state index contributed by atoms with van der Waals surface area (Å²) in [5, 5.41) is 22.6. The van der Waals surface area contributed by atoms with Crippen LogP contribution in [0.2, 0.25) is 0 Å². The Balaban J connectivity index is -0.000000475. The number of amides is 2. The summed E-state index contributed by atoms with van der Waals surface area (Å²) in [5.74, 6) is -1.04. The molecule has 1 fully saturated rings. The van der Waals surface area contributed by atoms with Gasteiger partial charge in [-0.1, -0.05) is 26.7 Å². The maximum Gasteiger partial charge on any atom is 0.408 e. The molecule has 1 rings (SSSR count). The van der Waals surface area contributed by atoms with Crippen LogP contribution >= 0.6 is 0 Å². The molecular weight excluding hydrogens is 455 g/mol. The Morgan fingerprint density at radius 3 is 1.57 bits per heavy atom. The van der Waals surface area contributed by atoms with Crippen molar-refractivity contribution in [3.63, 3.8) is 0 Å². The normalized spacial score (nSPS) is 14.4. The highest BCUT2D eigenvalue weighted by Crippen LogP contribution is 2.08. The van der Waals surface area contributed by atoms with Gasteiger partial charge in [0.05, 0.1) is 12.6 Å². The van der Waals surface area contributed by atoms with Gasteiger partial charge >= 0.3 is 18.2 Å². The lowest BCUT2D eigenvalue weighted by Gasteiger charge is -2.22.